The predicted molar refractivity (Wildman–Crippen MR) is 117 cm³/mol. The second-order valence-electron chi connectivity index (χ2n) is 8.05. The quantitative estimate of drug-likeness (QED) is 0.487. The first-order valence-electron chi connectivity index (χ1n) is 10.3. The van der Waals surface area contributed by atoms with Gasteiger partial charge in [0.1, 0.15) is 0 Å². The normalized spacial score (nSPS) is 13.4. The molecule has 0 radical (unpaired) electrons. The van der Waals surface area contributed by atoms with Crippen molar-refractivity contribution in [3.8, 4) is 0 Å². The number of fused-ring (bicyclic) bond motifs is 3. The van der Waals surface area contributed by atoms with E-state index in [0.717, 1.165) is 18.4 Å². The fourth-order valence-electron chi connectivity index (χ4n) is 3.65. The molecule has 1 aliphatic rings. The van der Waals surface area contributed by atoms with Crippen molar-refractivity contribution in [1.29, 1.82) is 0 Å². The average Bonchev–Trinajstić information content (AvgIpc) is 3.56. The van der Waals surface area contributed by atoms with Crippen LogP contribution in [0.25, 0.3) is 16.7 Å². The number of hydrogen-bond acceptors (Lipinski definition) is 6. The van der Waals surface area contributed by atoms with E-state index in [4.69, 9.17) is 4.74 Å². The fraction of sp³-hybridized carbons (Fsp3) is 0.261. The second kappa shape index (κ2) is 7.60. The molecule has 2 aromatic heterocycles. The zero-order chi connectivity index (χ0) is 22.4. The van der Waals surface area contributed by atoms with Crippen molar-refractivity contribution in [3.05, 3.63) is 69.8 Å². The Bertz CT molecular complexity index is 1430. The zero-order valence-electron chi connectivity index (χ0n) is 17.7. The van der Waals surface area contributed by atoms with Crippen molar-refractivity contribution in [2.24, 2.45) is 13.0 Å². The highest BCUT2D eigenvalue weighted by Crippen LogP contribution is 2.30. The van der Waals surface area contributed by atoms with Crippen molar-refractivity contribution in [3.63, 3.8) is 0 Å². The molecule has 0 atom stereocenters. The molecular formula is C23H21N5O4. The summed E-state index contributed by atoms with van der Waals surface area (Å²) < 4.78 is 8.60. The minimum absolute atomic E-state index is 0.0100. The van der Waals surface area contributed by atoms with Crippen molar-refractivity contribution >= 4 is 34.2 Å². The summed E-state index contributed by atoms with van der Waals surface area (Å²) in [4.78, 5) is 37.0. The number of nitrogens with zero attached hydrogens (tertiary/aromatic N) is 4. The maximum absolute atomic E-state index is 12.7. The second-order valence-corrected chi connectivity index (χ2v) is 8.05. The summed E-state index contributed by atoms with van der Waals surface area (Å²) in [5.41, 5.74) is 2.45. The van der Waals surface area contributed by atoms with Gasteiger partial charge in [-0.15, -0.1) is 10.2 Å². The first kappa shape index (κ1) is 19.9. The van der Waals surface area contributed by atoms with E-state index in [1.807, 2.05) is 25.1 Å². The molecule has 9 nitrogen and oxygen atoms in total. The molecule has 0 spiro atoms. The van der Waals surface area contributed by atoms with Crippen LogP contribution >= 0.6 is 0 Å². The molecule has 1 saturated carbocycles. The predicted octanol–water partition coefficient (Wildman–Crippen LogP) is 2.60. The molecule has 4 aromatic rings. The summed E-state index contributed by atoms with van der Waals surface area (Å²) in [6.07, 6.45) is 1.85. The maximum Gasteiger partial charge on any atom is 0.338 e. The standard InChI is InChI=1S/C23H21N5O4/c1-13-3-10-18-17(11-13)21(30)27(2)23-26-25-19(28(18)23)12-32-22(31)15-6-8-16(9-7-15)24-20(29)14-4-5-14/h3,6-11,14H,4-5,12H2,1-2H3,(H,24,29). The molecule has 2 heterocycles. The lowest BCUT2D eigenvalue weighted by Gasteiger charge is -2.09. The number of esters is 1. The number of carbonyl (C=O) groups excluding carboxylic acids is 2. The molecule has 5 rings (SSSR count). The molecule has 2 aromatic carbocycles. The van der Waals surface area contributed by atoms with Gasteiger partial charge in [0.15, 0.2) is 12.4 Å². The summed E-state index contributed by atoms with van der Waals surface area (Å²) in [5, 5.41) is 11.6. The average molecular weight is 431 g/mol. The smallest absolute Gasteiger partial charge is 0.338 e. The van der Waals surface area contributed by atoms with Gasteiger partial charge in [-0.2, -0.15) is 0 Å². The van der Waals surface area contributed by atoms with Crippen LogP contribution < -0.4 is 10.9 Å². The lowest BCUT2D eigenvalue weighted by atomic mass is 10.1. The van der Waals surface area contributed by atoms with E-state index in [9.17, 15) is 14.4 Å². The first-order valence-corrected chi connectivity index (χ1v) is 10.3. The van der Waals surface area contributed by atoms with Crippen LogP contribution in [0.3, 0.4) is 0 Å². The molecule has 1 N–H and O–H groups in total. The van der Waals surface area contributed by atoms with Gasteiger partial charge in [-0.25, -0.2) is 4.79 Å². The van der Waals surface area contributed by atoms with E-state index >= 15 is 0 Å². The van der Waals surface area contributed by atoms with Crippen LogP contribution in [-0.2, 0) is 23.2 Å². The van der Waals surface area contributed by atoms with Crippen molar-refractivity contribution in [2.75, 3.05) is 5.32 Å². The lowest BCUT2D eigenvalue weighted by molar-refractivity contribution is -0.117. The summed E-state index contributed by atoms with van der Waals surface area (Å²) in [6.45, 7) is 1.81. The summed E-state index contributed by atoms with van der Waals surface area (Å²) in [5.74, 6) is 0.374. The number of rotatable bonds is 5. The Morgan fingerprint density at radius 3 is 2.59 bits per heavy atom. The minimum Gasteiger partial charge on any atom is -0.454 e. The fourth-order valence-corrected chi connectivity index (χ4v) is 3.65. The number of anilines is 1. The number of ether oxygens (including phenoxy) is 1. The number of amides is 1. The van der Waals surface area contributed by atoms with Gasteiger partial charge in [-0.1, -0.05) is 11.6 Å². The molecule has 9 heteroatoms. The van der Waals surface area contributed by atoms with Crippen molar-refractivity contribution < 1.29 is 14.3 Å². The molecule has 0 aliphatic heterocycles. The van der Waals surface area contributed by atoms with Crippen LogP contribution in [0.4, 0.5) is 5.69 Å². The first-order chi connectivity index (χ1) is 15.4. The molecule has 0 unspecified atom stereocenters. The van der Waals surface area contributed by atoms with Crippen molar-refractivity contribution in [2.45, 2.75) is 26.4 Å². The van der Waals surface area contributed by atoms with E-state index in [1.54, 1.807) is 35.7 Å². The van der Waals surface area contributed by atoms with Gasteiger partial charge in [0.05, 0.1) is 16.5 Å². The van der Waals surface area contributed by atoms with Gasteiger partial charge < -0.3 is 10.1 Å². The van der Waals surface area contributed by atoms with Crippen LogP contribution in [0.5, 0.6) is 0 Å². The Balaban J connectivity index is 1.37. The Labute approximate surface area is 182 Å². The Morgan fingerprint density at radius 2 is 1.88 bits per heavy atom. The molecule has 1 fully saturated rings. The number of carbonyl (C=O) groups is 2. The van der Waals surface area contributed by atoms with E-state index in [0.29, 0.717) is 33.8 Å². The highest BCUT2D eigenvalue weighted by Gasteiger charge is 2.29. The molecule has 0 saturated heterocycles. The van der Waals surface area contributed by atoms with Gasteiger partial charge in [0.2, 0.25) is 11.7 Å². The van der Waals surface area contributed by atoms with E-state index in [1.165, 1.54) is 4.57 Å². The number of aryl methyl sites for hydroxylation is 2. The van der Waals surface area contributed by atoms with Gasteiger partial charge in [0.25, 0.3) is 5.56 Å². The van der Waals surface area contributed by atoms with E-state index in [-0.39, 0.29) is 24.0 Å². The van der Waals surface area contributed by atoms with E-state index in [2.05, 4.69) is 15.5 Å². The highest BCUT2D eigenvalue weighted by molar-refractivity contribution is 5.95. The molecule has 0 bridgehead atoms. The minimum atomic E-state index is -0.521. The van der Waals surface area contributed by atoms with Crippen LogP contribution in [0.2, 0.25) is 0 Å². The van der Waals surface area contributed by atoms with Crippen LogP contribution in [0.1, 0.15) is 34.6 Å². The molecule has 162 valence electrons. The maximum atomic E-state index is 12.7. The number of nitrogens with one attached hydrogen (secondary N) is 1. The Kier molecular flexibility index (Phi) is 4.73. The third-order valence-corrected chi connectivity index (χ3v) is 5.61. The monoisotopic (exact) mass is 431 g/mol. The van der Waals surface area contributed by atoms with E-state index < -0.39 is 5.97 Å². The zero-order valence-corrected chi connectivity index (χ0v) is 17.7. The summed E-state index contributed by atoms with van der Waals surface area (Å²) >= 11 is 0. The highest BCUT2D eigenvalue weighted by atomic mass is 16.5. The number of hydrogen-bond donors (Lipinski definition) is 1. The van der Waals surface area contributed by atoms with Gasteiger partial charge in [0, 0.05) is 18.7 Å². The van der Waals surface area contributed by atoms with Crippen LogP contribution in [-0.4, -0.2) is 31.0 Å². The summed E-state index contributed by atoms with van der Waals surface area (Å²) in [7, 11) is 1.63. The third kappa shape index (κ3) is 3.51. The van der Waals surface area contributed by atoms with Crippen molar-refractivity contribution in [1.82, 2.24) is 19.2 Å². The largest absolute Gasteiger partial charge is 0.454 e. The Morgan fingerprint density at radius 1 is 1.12 bits per heavy atom. The Hall–Kier alpha value is -4.01. The summed E-state index contributed by atoms with van der Waals surface area (Å²) in [6, 6.07) is 12.1. The third-order valence-electron chi connectivity index (χ3n) is 5.61. The van der Waals surface area contributed by atoms with Gasteiger partial charge in [-0.3, -0.25) is 18.6 Å². The van der Waals surface area contributed by atoms with Gasteiger partial charge >= 0.3 is 5.97 Å². The number of aromatic nitrogens is 4. The lowest BCUT2D eigenvalue weighted by Crippen LogP contribution is -2.20. The SMILES string of the molecule is Cc1ccc2c(c1)c(=O)n(C)c1nnc(COC(=O)c3ccc(NC(=O)C4CC4)cc3)n21. The van der Waals surface area contributed by atoms with Crippen LogP contribution in [0.15, 0.2) is 47.3 Å². The topological polar surface area (TPSA) is 108 Å². The molecular weight excluding hydrogens is 410 g/mol. The molecule has 32 heavy (non-hydrogen) atoms. The number of benzene rings is 2. The van der Waals surface area contributed by atoms with Gasteiger partial charge in [-0.05, 0) is 56.2 Å². The molecule has 1 aliphatic carbocycles. The van der Waals surface area contributed by atoms with Crippen LogP contribution in [0, 0.1) is 12.8 Å². The molecule has 1 amide bonds.